The Morgan fingerprint density at radius 2 is 2.05 bits per heavy atom. The van der Waals surface area contributed by atoms with Crippen LogP contribution >= 0.6 is 11.3 Å². The zero-order valence-corrected chi connectivity index (χ0v) is 13.2. The second-order valence-corrected chi connectivity index (χ2v) is 5.49. The quantitative estimate of drug-likeness (QED) is 0.869. The second kappa shape index (κ2) is 7.69. The maximum atomic E-state index is 12.4. The van der Waals surface area contributed by atoms with Crippen LogP contribution in [-0.4, -0.2) is 24.6 Å². The number of amides is 2. The van der Waals surface area contributed by atoms with Crippen LogP contribution in [0.3, 0.4) is 0 Å². The van der Waals surface area contributed by atoms with Crippen molar-refractivity contribution < 1.29 is 9.53 Å². The van der Waals surface area contributed by atoms with Crippen molar-refractivity contribution >= 4 is 23.1 Å². The Hall–Kier alpha value is -2.01. The molecule has 0 unspecified atom stereocenters. The largest absolute Gasteiger partial charge is 0.497 e. The van der Waals surface area contributed by atoms with Crippen molar-refractivity contribution in [1.82, 2.24) is 4.90 Å². The first-order valence-corrected chi connectivity index (χ1v) is 7.88. The number of anilines is 1. The summed E-state index contributed by atoms with van der Waals surface area (Å²) in [6, 6.07) is 9.32. The van der Waals surface area contributed by atoms with E-state index in [1.807, 2.05) is 40.6 Å². The van der Waals surface area contributed by atoms with Crippen molar-refractivity contribution in [2.24, 2.45) is 0 Å². The summed E-state index contributed by atoms with van der Waals surface area (Å²) in [5.74, 6) is 0.775. The second-order valence-electron chi connectivity index (χ2n) is 4.71. The third-order valence-electron chi connectivity index (χ3n) is 3.08. The van der Waals surface area contributed by atoms with Crippen LogP contribution in [0.25, 0.3) is 0 Å². The standard InChI is InChI=1S/C16H20N2O2S/c1-3-9-18(11-13-8-10-21-12-13)16(19)17-14-4-6-15(20-2)7-5-14/h4-8,10,12H,3,9,11H2,1-2H3,(H,17,19). The van der Waals surface area contributed by atoms with Crippen molar-refractivity contribution in [2.75, 3.05) is 19.0 Å². The number of thiophene rings is 1. The van der Waals surface area contributed by atoms with Crippen molar-refractivity contribution in [3.8, 4) is 5.75 Å². The maximum absolute atomic E-state index is 12.4. The summed E-state index contributed by atoms with van der Waals surface area (Å²) >= 11 is 1.65. The average Bonchev–Trinajstić information content (AvgIpc) is 3.00. The third-order valence-corrected chi connectivity index (χ3v) is 3.81. The maximum Gasteiger partial charge on any atom is 0.322 e. The lowest BCUT2D eigenvalue weighted by Gasteiger charge is -2.22. The van der Waals surface area contributed by atoms with Gasteiger partial charge in [0.1, 0.15) is 5.75 Å². The van der Waals surface area contributed by atoms with Gasteiger partial charge < -0.3 is 15.0 Å². The first-order valence-electron chi connectivity index (χ1n) is 6.94. The molecule has 21 heavy (non-hydrogen) atoms. The third kappa shape index (κ3) is 4.49. The summed E-state index contributed by atoms with van der Waals surface area (Å²) in [6.07, 6.45) is 0.931. The SMILES string of the molecule is CCCN(Cc1ccsc1)C(=O)Nc1ccc(OC)cc1. The van der Waals surface area contributed by atoms with E-state index in [0.29, 0.717) is 6.54 Å². The molecule has 0 aliphatic rings. The fraction of sp³-hybridized carbons (Fsp3) is 0.312. The summed E-state index contributed by atoms with van der Waals surface area (Å²) in [6.45, 7) is 3.44. The molecule has 2 aromatic rings. The van der Waals surface area contributed by atoms with Crippen LogP contribution in [-0.2, 0) is 6.54 Å². The van der Waals surface area contributed by atoms with Gasteiger partial charge in [-0.25, -0.2) is 4.79 Å². The van der Waals surface area contributed by atoms with Gasteiger partial charge in [-0.3, -0.25) is 0 Å². The predicted molar refractivity (Wildman–Crippen MR) is 87.0 cm³/mol. The zero-order valence-electron chi connectivity index (χ0n) is 12.3. The summed E-state index contributed by atoms with van der Waals surface area (Å²) in [5.41, 5.74) is 1.94. The molecule has 0 saturated carbocycles. The van der Waals surface area contributed by atoms with Crippen LogP contribution in [0.2, 0.25) is 0 Å². The van der Waals surface area contributed by atoms with E-state index in [4.69, 9.17) is 4.74 Å². The minimum Gasteiger partial charge on any atom is -0.497 e. The van der Waals surface area contributed by atoms with Crippen LogP contribution in [0.1, 0.15) is 18.9 Å². The molecule has 0 saturated heterocycles. The van der Waals surface area contributed by atoms with Crippen molar-refractivity contribution in [1.29, 1.82) is 0 Å². The molecule has 0 atom stereocenters. The Bertz CT molecular complexity index is 552. The van der Waals surface area contributed by atoms with E-state index in [1.165, 1.54) is 5.56 Å². The van der Waals surface area contributed by atoms with E-state index in [1.54, 1.807) is 18.4 Å². The average molecular weight is 304 g/mol. The van der Waals surface area contributed by atoms with Gasteiger partial charge in [-0.15, -0.1) is 0 Å². The molecule has 0 bridgehead atoms. The molecule has 1 heterocycles. The minimum absolute atomic E-state index is 0.0757. The zero-order chi connectivity index (χ0) is 15.1. The van der Waals surface area contributed by atoms with Gasteiger partial charge in [0, 0.05) is 18.8 Å². The number of methoxy groups -OCH3 is 1. The molecular weight excluding hydrogens is 284 g/mol. The highest BCUT2D eigenvalue weighted by Gasteiger charge is 2.13. The van der Waals surface area contributed by atoms with Gasteiger partial charge in [0.05, 0.1) is 7.11 Å². The number of carbonyl (C=O) groups excluding carboxylic acids is 1. The van der Waals surface area contributed by atoms with Crippen molar-refractivity contribution in [2.45, 2.75) is 19.9 Å². The van der Waals surface area contributed by atoms with Gasteiger partial charge >= 0.3 is 6.03 Å². The topological polar surface area (TPSA) is 41.6 Å². The highest BCUT2D eigenvalue weighted by molar-refractivity contribution is 7.07. The van der Waals surface area contributed by atoms with E-state index in [-0.39, 0.29) is 6.03 Å². The Balaban J connectivity index is 2.00. The summed E-state index contributed by atoms with van der Waals surface area (Å²) in [4.78, 5) is 14.2. The first kappa shape index (κ1) is 15.4. The van der Waals surface area contributed by atoms with Gasteiger partial charge in [0.2, 0.25) is 0 Å². The Labute approximate surface area is 129 Å². The number of hydrogen-bond donors (Lipinski definition) is 1. The van der Waals surface area contributed by atoms with Gasteiger partial charge in [-0.05, 0) is 53.1 Å². The van der Waals surface area contributed by atoms with Crippen molar-refractivity contribution in [3.63, 3.8) is 0 Å². The molecule has 0 aliphatic carbocycles. The van der Waals surface area contributed by atoms with Gasteiger partial charge in [-0.2, -0.15) is 11.3 Å². The fourth-order valence-corrected chi connectivity index (χ4v) is 2.66. The number of carbonyl (C=O) groups is 1. The number of benzene rings is 1. The van der Waals surface area contributed by atoms with Crippen LogP contribution in [0.5, 0.6) is 5.75 Å². The molecule has 5 heteroatoms. The number of nitrogens with one attached hydrogen (secondary N) is 1. The molecule has 2 amide bonds. The van der Waals surface area contributed by atoms with Crippen LogP contribution < -0.4 is 10.1 Å². The van der Waals surface area contributed by atoms with E-state index in [0.717, 1.165) is 24.4 Å². The van der Waals surface area contributed by atoms with Crippen LogP contribution in [0.4, 0.5) is 10.5 Å². The molecular formula is C16H20N2O2S. The fourth-order valence-electron chi connectivity index (χ4n) is 2.00. The molecule has 0 aliphatic heterocycles. The van der Waals surface area contributed by atoms with E-state index in [2.05, 4.69) is 17.6 Å². The van der Waals surface area contributed by atoms with Gasteiger partial charge in [-0.1, -0.05) is 6.92 Å². The molecule has 1 N–H and O–H groups in total. The molecule has 112 valence electrons. The van der Waals surface area contributed by atoms with Crippen LogP contribution in [0.15, 0.2) is 41.1 Å². The predicted octanol–water partition coefficient (Wildman–Crippen LogP) is 4.20. The van der Waals surface area contributed by atoms with Gasteiger partial charge in [0.15, 0.2) is 0 Å². The lowest BCUT2D eigenvalue weighted by atomic mass is 10.3. The summed E-state index contributed by atoms with van der Waals surface area (Å²) in [7, 11) is 1.62. The first-order chi connectivity index (χ1) is 10.2. The minimum atomic E-state index is -0.0757. The summed E-state index contributed by atoms with van der Waals surface area (Å²) in [5, 5.41) is 7.03. The Kier molecular flexibility index (Phi) is 5.63. The lowest BCUT2D eigenvalue weighted by Crippen LogP contribution is -2.34. The number of nitrogens with zero attached hydrogens (tertiary/aromatic N) is 1. The monoisotopic (exact) mass is 304 g/mol. The highest BCUT2D eigenvalue weighted by atomic mass is 32.1. The number of rotatable bonds is 6. The highest BCUT2D eigenvalue weighted by Crippen LogP contribution is 2.16. The van der Waals surface area contributed by atoms with E-state index in [9.17, 15) is 4.79 Å². The summed E-state index contributed by atoms with van der Waals surface area (Å²) < 4.78 is 5.11. The molecule has 4 nitrogen and oxygen atoms in total. The molecule has 0 radical (unpaired) electrons. The molecule has 1 aromatic heterocycles. The molecule has 2 rings (SSSR count). The number of ether oxygens (including phenoxy) is 1. The number of urea groups is 1. The van der Waals surface area contributed by atoms with Gasteiger partial charge in [0.25, 0.3) is 0 Å². The Morgan fingerprint density at radius 1 is 1.29 bits per heavy atom. The normalized spacial score (nSPS) is 10.2. The van der Waals surface area contributed by atoms with E-state index >= 15 is 0 Å². The smallest absolute Gasteiger partial charge is 0.322 e. The molecule has 0 fully saturated rings. The molecule has 0 spiro atoms. The lowest BCUT2D eigenvalue weighted by molar-refractivity contribution is 0.209. The van der Waals surface area contributed by atoms with Crippen molar-refractivity contribution in [3.05, 3.63) is 46.7 Å². The van der Waals surface area contributed by atoms with Crippen LogP contribution in [0, 0.1) is 0 Å². The Morgan fingerprint density at radius 3 is 2.62 bits per heavy atom. The van der Waals surface area contributed by atoms with E-state index < -0.39 is 0 Å². The molecule has 1 aromatic carbocycles. The number of hydrogen-bond acceptors (Lipinski definition) is 3.